The van der Waals surface area contributed by atoms with Gasteiger partial charge < -0.3 is 10.1 Å². The summed E-state index contributed by atoms with van der Waals surface area (Å²) in [6, 6.07) is 8.88. The number of nitrogens with one attached hydrogen (secondary N) is 1. The minimum Gasteiger partial charge on any atom is -0.497 e. The summed E-state index contributed by atoms with van der Waals surface area (Å²) in [6.45, 7) is 3.18. The van der Waals surface area contributed by atoms with Gasteiger partial charge in [-0.15, -0.1) is 0 Å². The van der Waals surface area contributed by atoms with E-state index in [4.69, 9.17) is 4.74 Å². The SMILES string of the molecule is CCNC(CSCC1CCCC1)c1cccc(OC)c1. The molecule has 20 heavy (non-hydrogen) atoms. The molecular formula is C17H27NOS. The molecule has 1 unspecified atom stereocenters. The van der Waals surface area contributed by atoms with Crippen LogP contribution >= 0.6 is 11.8 Å². The van der Waals surface area contributed by atoms with Crippen molar-refractivity contribution >= 4 is 11.8 Å². The van der Waals surface area contributed by atoms with Crippen molar-refractivity contribution in [1.82, 2.24) is 5.32 Å². The predicted octanol–water partition coefficient (Wildman–Crippen LogP) is 4.27. The molecule has 0 heterocycles. The maximum absolute atomic E-state index is 5.33. The number of methoxy groups -OCH3 is 1. The van der Waals surface area contributed by atoms with Crippen LogP contribution in [0.15, 0.2) is 24.3 Å². The molecule has 0 saturated heterocycles. The minimum absolute atomic E-state index is 0.432. The molecule has 0 bridgehead atoms. The van der Waals surface area contributed by atoms with Crippen LogP contribution in [-0.4, -0.2) is 25.2 Å². The molecular weight excluding hydrogens is 266 g/mol. The summed E-state index contributed by atoms with van der Waals surface area (Å²) < 4.78 is 5.33. The van der Waals surface area contributed by atoms with Crippen molar-refractivity contribution < 1.29 is 4.74 Å². The molecule has 1 saturated carbocycles. The summed E-state index contributed by atoms with van der Waals surface area (Å²) in [5.41, 5.74) is 1.34. The second kappa shape index (κ2) is 8.58. The molecule has 1 fully saturated rings. The van der Waals surface area contributed by atoms with Gasteiger partial charge in [0.1, 0.15) is 5.75 Å². The fourth-order valence-electron chi connectivity index (χ4n) is 2.91. The fourth-order valence-corrected chi connectivity index (χ4v) is 4.26. The van der Waals surface area contributed by atoms with Crippen molar-refractivity contribution in [3.05, 3.63) is 29.8 Å². The van der Waals surface area contributed by atoms with Gasteiger partial charge in [-0.25, -0.2) is 0 Å². The lowest BCUT2D eigenvalue weighted by atomic mass is 10.1. The van der Waals surface area contributed by atoms with E-state index in [1.54, 1.807) is 7.11 Å². The molecule has 2 nitrogen and oxygen atoms in total. The maximum Gasteiger partial charge on any atom is 0.119 e. The van der Waals surface area contributed by atoms with Crippen LogP contribution in [0, 0.1) is 5.92 Å². The van der Waals surface area contributed by atoms with Crippen molar-refractivity contribution in [2.24, 2.45) is 5.92 Å². The first-order chi connectivity index (χ1) is 9.83. The van der Waals surface area contributed by atoms with Crippen LogP contribution in [0.3, 0.4) is 0 Å². The molecule has 3 heteroatoms. The molecule has 0 aromatic heterocycles. The van der Waals surface area contributed by atoms with E-state index in [9.17, 15) is 0 Å². The average molecular weight is 293 g/mol. The molecule has 0 aliphatic heterocycles. The van der Waals surface area contributed by atoms with Gasteiger partial charge >= 0.3 is 0 Å². The van der Waals surface area contributed by atoms with Gasteiger partial charge in [-0.1, -0.05) is 31.9 Å². The summed E-state index contributed by atoms with van der Waals surface area (Å²) >= 11 is 2.10. The van der Waals surface area contributed by atoms with Crippen LogP contribution in [0.2, 0.25) is 0 Å². The van der Waals surface area contributed by atoms with E-state index in [1.165, 1.54) is 37.0 Å². The van der Waals surface area contributed by atoms with E-state index in [1.807, 2.05) is 6.07 Å². The Morgan fingerprint density at radius 3 is 2.85 bits per heavy atom. The highest BCUT2D eigenvalue weighted by Gasteiger charge is 2.16. The summed E-state index contributed by atoms with van der Waals surface area (Å²) in [4.78, 5) is 0. The first kappa shape index (κ1) is 15.7. The lowest BCUT2D eigenvalue weighted by Gasteiger charge is -2.19. The number of ether oxygens (including phenoxy) is 1. The Balaban J connectivity index is 1.87. The van der Waals surface area contributed by atoms with Crippen LogP contribution in [0.4, 0.5) is 0 Å². The van der Waals surface area contributed by atoms with Gasteiger partial charge in [0.05, 0.1) is 7.11 Å². The third kappa shape index (κ3) is 4.71. The summed E-state index contributed by atoms with van der Waals surface area (Å²) in [5.74, 6) is 4.39. The lowest BCUT2D eigenvalue weighted by Crippen LogP contribution is -2.23. The van der Waals surface area contributed by atoms with Crippen LogP contribution < -0.4 is 10.1 Å². The Morgan fingerprint density at radius 1 is 1.35 bits per heavy atom. The Bertz CT molecular complexity index is 390. The zero-order valence-corrected chi connectivity index (χ0v) is 13.5. The van der Waals surface area contributed by atoms with E-state index in [0.29, 0.717) is 6.04 Å². The number of hydrogen-bond acceptors (Lipinski definition) is 3. The van der Waals surface area contributed by atoms with Gasteiger partial charge in [0, 0.05) is 11.8 Å². The Kier molecular flexibility index (Phi) is 6.74. The first-order valence-corrected chi connectivity index (χ1v) is 8.94. The van der Waals surface area contributed by atoms with Crippen molar-refractivity contribution in [2.75, 3.05) is 25.2 Å². The van der Waals surface area contributed by atoms with Crippen molar-refractivity contribution in [1.29, 1.82) is 0 Å². The molecule has 1 atom stereocenters. The van der Waals surface area contributed by atoms with Gasteiger partial charge in [-0.3, -0.25) is 0 Å². The number of benzene rings is 1. The molecule has 1 aliphatic carbocycles. The number of thioether (sulfide) groups is 1. The molecule has 0 radical (unpaired) electrons. The normalized spacial score (nSPS) is 17.3. The smallest absolute Gasteiger partial charge is 0.119 e. The quantitative estimate of drug-likeness (QED) is 0.773. The second-order valence-corrected chi connectivity index (χ2v) is 6.65. The zero-order chi connectivity index (χ0) is 14.2. The molecule has 1 aromatic carbocycles. The highest BCUT2D eigenvalue weighted by molar-refractivity contribution is 7.99. The maximum atomic E-state index is 5.33. The molecule has 112 valence electrons. The van der Waals surface area contributed by atoms with E-state index >= 15 is 0 Å². The molecule has 1 N–H and O–H groups in total. The van der Waals surface area contributed by atoms with Gasteiger partial charge in [0.2, 0.25) is 0 Å². The summed E-state index contributed by atoms with van der Waals surface area (Å²) in [5, 5.41) is 3.60. The third-order valence-electron chi connectivity index (χ3n) is 4.06. The molecule has 2 rings (SSSR count). The third-order valence-corrected chi connectivity index (χ3v) is 5.34. The van der Waals surface area contributed by atoms with Crippen molar-refractivity contribution in [3.63, 3.8) is 0 Å². The topological polar surface area (TPSA) is 21.3 Å². The van der Waals surface area contributed by atoms with Crippen molar-refractivity contribution in [3.8, 4) is 5.75 Å². The largest absolute Gasteiger partial charge is 0.497 e. The average Bonchev–Trinajstić information content (AvgIpc) is 3.00. The van der Waals surface area contributed by atoms with Gasteiger partial charge in [-0.05, 0) is 48.8 Å². The van der Waals surface area contributed by atoms with Gasteiger partial charge in [-0.2, -0.15) is 11.8 Å². The highest BCUT2D eigenvalue weighted by Crippen LogP contribution is 2.30. The van der Waals surface area contributed by atoms with Gasteiger partial charge in [0.15, 0.2) is 0 Å². The van der Waals surface area contributed by atoms with E-state index < -0.39 is 0 Å². The van der Waals surface area contributed by atoms with Crippen LogP contribution in [0.1, 0.15) is 44.2 Å². The van der Waals surface area contributed by atoms with Crippen LogP contribution in [0.25, 0.3) is 0 Å². The molecule has 0 spiro atoms. The standard InChI is InChI=1S/C17H27NOS/c1-3-18-17(13-20-12-14-7-4-5-8-14)15-9-6-10-16(11-15)19-2/h6,9-11,14,17-18H,3-5,7-8,12-13H2,1-2H3. The van der Waals surface area contributed by atoms with Crippen LogP contribution in [-0.2, 0) is 0 Å². The van der Waals surface area contributed by atoms with Gasteiger partial charge in [0.25, 0.3) is 0 Å². The summed E-state index contributed by atoms with van der Waals surface area (Å²) in [6.07, 6.45) is 5.77. The number of rotatable bonds is 8. The number of hydrogen-bond donors (Lipinski definition) is 1. The van der Waals surface area contributed by atoms with E-state index in [-0.39, 0.29) is 0 Å². The minimum atomic E-state index is 0.432. The highest BCUT2D eigenvalue weighted by atomic mass is 32.2. The first-order valence-electron chi connectivity index (χ1n) is 7.78. The molecule has 0 amide bonds. The summed E-state index contributed by atoms with van der Waals surface area (Å²) in [7, 11) is 1.73. The lowest BCUT2D eigenvalue weighted by molar-refractivity contribution is 0.413. The van der Waals surface area contributed by atoms with E-state index in [0.717, 1.165) is 24.0 Å². The fraction of sp³-hybridized carbons (Fsp3) is 0.647. The predicted molar refractivity (Wildman–Crippen MR) is 88.7 cm³/mol. The Morgan fingerprint density at radius 2 is 2.15 bits per heavy atom. The zero-order valence-electron chi connectivity index (χ0n) is 12.7. The monoisotopic (exact) mass is 293 g/mol. The Labute approximate surface area is 127 Å². The van der Waals surface area contributed by atoms with E-state index in [2.05, 4.69) is 42.2 Å². The van der Waals surface area contributed by atoms with Crippen LogP contribution in [0.5, 0.6) is 5.75 Å². The molecule has 1 aromatic rings. The van der Waals surface area contributed by atoms with Crippen molar-refractivity contribution in [2.45, 2.75) is 38.6 Å². The molecule has 1 aliphatic rings. The Hall–Kier alpha value is -0.670. The second-order valence-electron chi connectivity index (χ2n) is 5.57.